The number of hydrogen-bond acceptors (Lipinski definition) is 5. The molecule has 1 aromatic carbocycles. The van der Waals surface area contributed by atoms with E-state index in [0.717, 1.165) is 17.0 Å². The molecular formula is C32H52O5SSi2. The highest BCUT2D eigenvalue weighted by atomic mass is 32.1. The van der Waals surface area contributed by atoms with Gasteiger partial charge in [0.05, 0.1) is 12.2 Å². The van der Waals surface area contributed by atoms with Crippen molar-refractivity contribution in [3.05, 3.63) is 57.3 Å². The molecule has 2 atom stereocenters. The highest BCUT2D eigenvalue weighted by Crippen LogP contribution is 2.46. The van der Waals surface area contributed by atoms with E-state index in [0.29, 0.717) is 13.0 Å². The number of hydrogen-bond donors (Lipinski definition) is 1. The van der Waals surface area contributed by atoms with E-state index in [9.17, 15) is 4.79 Å². The smallest absolute Gasteiger partial charge is 0.303 e. The zero-order valence-corrected chi connectivity index (χ0v) is 29.7. The molecule has 2 rings (SSSR count). The van der Waals surface area contributed by atoms with Crippen LogP contribution >= 0.6 is 11.3 Å². The van der Waals surface area contributed by atoms with Crippen molar-refractivity contribution in [2.75, 3.05) is 0 Å². The van der Waals surface area contributed by atoms with Crippen LogP contribution in [0.1, 0.15) is 101 Å². The maximum Gasteiger partial charge on any atom is 0.303 e. The van der Waals surface area contributed by atoms with Gasteiger partial charge in [0.1, 0.15) is 12.4 Å². The number of allylic oxidation sites excluding steroid dienone is 2. The summed E-state index contributed by atoms with van der Waals surface area (Å²) in [7, 11) is -2.64. The molecule has 1 heterocycles. The Morgan fingerprint density at radius 3 is 2.00 bits per heavy atom. The van der Waals surface area contributed by atoms with Crippen molar-refractivity contribution in [1.29, 1.82) is 0 Å². The Balaban J connectivity index is 2.42. The third-order valence-electron chi connectivity index (χ3n) is 6.50. The maximum atomic E-state index is 10.9. The van der Waals surface area contributed by atoms with E-state index < -0.39 is 24.0 Å². The molecule has 0 saturated carbocycles. The average molecular weight is 605 g/mol. The Kier molecular flexibility index (Phi) is 12.9. The van der Waals surface area contributed by atoms with E-state index in [2.05, 4.69) is 105 Å². The predicted molar refractivity (Wildman–Crippen MR) is 175 cm³/mol. The van der Waals surface area contributed by atoms with Gasteiger partial charge in [-0.1, -0.05) is 60.6 Å². The third kappa shape index (κ3) is 10.6. The van der Waals surface area contributed by atoms with E-state index in [1.54, 1.807) is 11.3 Å². The summed E-state index contributed by atoms with van der Waals surface area (Å²) < 4.78 is 19.8. The summed E-state index contributed by atoms with van der Waals surface area (Å²) in [5.74, 6) is 0.0676. The van der Waals surface area contributed by atoms with Gasteiger partial charge in [0.2, 0.25) is 0 Å². The minimum atomic E-state index is -1.34. The first-order valence-corrected chi connectivity index (χ1v) is 21.0. The van der Waals surface area contributed by atoms with Crippen LogP contribution in [0.25, 0.3) is 5.57 Å². The van der Waals surface area contributed by atoms with Crippen LogP contribution in [-0.4, -0.2) is 29.2 Å². The minimum absolute atomic E-state index is 0.0225. The molecule has 224 valence electrons. The number of aliphatic carboxylic acids is 1. The number of carboxylic acid groups (broad SMARTS) is 1. The van der Waals surface area contributed by atoms with Gasteiger partial charge in [-0.3, -0.25) is 4.79 Å². The van der Waals surface area contributed by atoms with Crippen LogP contribution in [0.15, 0.2) is 36.4 Å². The van der Waals surface area contributed by atoms with Crippen LogP contribution in [-0.2, 0) is 20.3 Å². The van der Waals surface area contributed by atoms with Gasteiger partial charge in [-0.15, -0.1) is 11.3 Å². The Morgan fingerprint density at radius 2 is 1.50 bits per heavy atom. The van der Waals surface area contributed by atoms with Gasteiger partial charge in [0, 0.05) is 16.2 Å². The molecule has 0 amide bonds. The molecule has 1 aromatic heterocycles. The fraction of sp³-hybridized carbons (Fsp3) is 0.594. The van der Waals surface area contributed by atoms with Crippen LogP contribution in [0.4, 0.5) is 0 Å². The van der Waals surface area contributed by atoms with E-state index in [-0.39, 0.29) is 29.5 Å². The van der Waals surface area contributed by atoms with Gasteiger partial charge in [0.15, 0.2) is 18.1 Å². The van der Waals surface area contributed by atoms with Gasteiger partial charge in [-0.05, 0) is 90.8 Å². The van der Waals surface area contributed by atoms with Crippen molar-refractivity contribution in [3.63, 3.8) is 0 Å². The van der Waals surface area contributed by atoms with Gasteiger partial charge < -0.3 is 18.7 Å². The first kappa shape index (κ1) is 34.5. The highest BCUT2D eigenvalue weighted by Gasteiger charge is 2.36. The SMILES string of the molecule is CCC(=CCCC(=O)O)c1ccc(COc2ccc(C(O[SiH](C)C)C(C)(C)C)c(C(O[SiH](C)C)C(C)(C)C)c2)s1. The lowest BCUT2D eigenvalue weighted by Crippen LogP contribution is -2.31. The number of ether oxygens (including phenoxy) is 1. The summed E-state index contributed by atoms with van der Waals surface area (Å²) in [5, 5.41) is 8.96. The molecule has 0 aliphatic rings. The standard InChI is InChI=1S/C32H52O5SSi2/c1-12-22(14-13-15-28(33)34)27-19-17-24(38-27)21-35-23-16-18-25(29(31(2,3)4)36-39(8)9)26(20-23)30(32(5,6)7)37-40(10)11/h14,16-20,29-30,39-40H,12-13,15,21H2,1-11H3,(H,33,34). The van der Waals surface area contributed by atoms with Crippen LogP contribution in [0.2, 0.25) is 26.2 Å². The summed E-state index contributed by atoms with van der Waals surface area (Å²) in [5.41, 5.74) is 3.41. The zero-order valence-electron chi connectivity index (χ0n) is 26.6. The molecule has 2 aromatic rings. The fourth-order valence-electron chi connectivity index (χ4n) is 4.71. The van der Waals surface area contributed by atoms with E-state index in [1.165, 1.54) is 21.6 Å². The summed E-state index contributed by atoms with van der Waals surface area (Å²) in [6, 6.07) is 10.7. The highest BCUT2D eigenvalue weighted by molar-refractivity contribution is 7.13. The third-order valence-corrected chi connectivity index (χ3v) is 9.27. The fourth-order valence-corrected chi connectivity index (χ4v) is 7.94. The zero-order chi connectivity index (χ0) is 30.3. The molecule has 0 saturated heterocycles. The number of carbonyl (C=O) groups is 1. The summed E-state index contributed by atoms with van der Waals surface area (Å²) in [6.07, 6.45) is 3.54. The second-order valence-electron chi connectivity index (χ2n) is 13.2. The first-order valence-electron chi connectivity index (χ1n) is 14.6. The Bertz CT molecular complexity index is 1130. The molecule has 40 heavy (non-hydrogen) atoms. The molecular weight excluding hydrogens is 553 g/mol. The Morgan fingerprint density at radius 1 is 0.925 bits per heavy atom. The van der Waals surface area contributed by atoms with E-state index in [4.69, 9.17) is 18.7 Å². The number of thiophene rings is 1. The molecule has 0 spiro atoms. The monoisotopic (exact) mass is 604 g/mol. The van der Waals surface area contributed by atoms with Crippen molar-refractivity contribution in [2.45, 2.75) is 113 Å². The first-order chi connectivity index (χ1) is 18.5. The van der Waals surface area contributed by atoms with E-state index in [1.807, 2.05) is 6.08 Å². The molecule has 0 bridgehead atoms. The lowest BCUT2D eigenvalue weighted by molar-refractivity contribution is -0.136. The summed E-state index contributed by atoms with van der Waals surface area (Å²) in [6.45, 7) is 25.0. The van der Waals surface area contributed by atoms with Gasteiger partial charge in [0.25, 0.3) is 0 Å². The molecule has 2 unspecified atom stereocenters. The quantitative estimate of drug-likeness (QED) is 0.218. The van der Waals surface area contributed by atoms with Crippen molar-refractivity contribution in [1.82, 2.24) is 0 Å². The predicted octanol–water partition coefficient (Wildman–Crippen LogP) is 9.16. The molecule has 0 fully saturated rings. The van der Waals surface area contributed by atoms with Crippen molar-refractivity contribution in [2.24, 2.45) is 10.8 Å². The largest absolute Gasteiger partial charge is 0.488 e. The van der Waals surface area contributed by atoms with Crippen molar-refractivity contribution >= 4 is 41.0 Å². The molecule has 1 N–H and O–H groups in total. The average Bonchev–Trinajstić information content (AvgIpc) is 3.29. The Labute approximate surface area is 250 Å². The molecule has 5 nitrogen and oxygen atoms in total. The topological polar surface area (TPSA) is 65.0 Å². The number of carboxylic acids is 1. The number of benzene rings is 1. The minimum Gasteiger partial charge on any atom is -0.488 e. The molecule has 8 heteroatoms. The summed E-state index contributed by atoms with van der Waals surface area (Å²) >= 11 is 1.71. The maximum absolute atomic E-state index is 10.9. The van der Waals surface area contributed by atoms with Crippen molar-refractivity contribution in [3.8, 4) is 5.75 Å². The van der Waals surface area contributed by atoms with Crippen molar-refractivity contribution < 1.29 is 23.5 Å². The second kappa shape index (κ2) is 15.0. The molecule has 0 radical (unpaired) electrons. The number of rotatable bonds is 14. The lowest BCUT2D eigenvalue weighted by atomic mass is 9.77. The van der Waals surface area contributed by atoms with Gasteiger partial charge >= 0.3 is 5.97 Å². The van der Waals surface area contributed by atoms with Gasteiger partial charge in [-0.25, -0.2) is 0 Å². The van der Waals surface area contributed by atoms with Crippen LogP contribution in [0.3, 0.4) is 0 Å². The van der Waals surface area contributed by atoms with Crippen LogP contribution in [0.5, 0.6) is 5.75 Å². The molecule has 0 aliphatic heterocycles. The lowest BCUT2D eigenvalue weighted by Gasteiger charge is -2.39. The van der Waals surface area contributed by atoms with Crippen LogP contribution < -0.4 is 4.74 Å². The Hall–Kier alpha value is -1.72. The van der Waals surface area contributed by atoms with Gasteiger partial charge in [-0.2, -0.15) is 0 Å². The van der Waals surface area contributed by atoms with Crippen LogP contribution in [0, 0.1) is 10.8 Å². The summed E-state index contributed by atoms with van der Waals surface area (Å²) in [4.78, 5) is 13.2. The normalized spacial score (nSPS) is 14.6. The van der Waals surface area contributed by atoms with E-state index >= 15 is 0 Å². The second-order valence-corrected chi connectivity index (χ2v) is 19.1. The molecule has 0 aliphatic carbocycles.